The van der Waals surface area contributed by atoms with Crippen molar-refractivity contribution in [3.05, 3.63) is 83.3 Å². The molecule has 33 heavy (non-hydrogen) atoms. The topological polar surface area (TPSA) is 119 Å². The van der Waals surface area contributed by atoms with Gasteiger partial charge in [-0.3, -0.25) is 4.79 Å². The van der Waals surface area contributed by atoms with Crippen molar-refractivity contribution in [2.45, 2.75) is 6.92 Å². The molecule has 1 aliphatic rings. The van der Waals surface area contributed by atoms with Crippen molar-refractivity contribution >= 4 is 35.3 Å². The second-order valence-electron chi connectivity index (χ2n) is 6.99. The molecule has 9 nitrogen and oxygen atoms in total. The first-order valence-corrected chi connectivity index (χ1v) is 9.76. The number of hydrogen-bond acceptors (Lipinski definition) is 7. The standard InChI is InChI=1S/C24H18N2O7/c1-14-18(22(27)26(25-14)17-8-6-16(7-9-17)23(28)29)12-15-5-10-19(21(13-15)31-2)33-24(30)20-4-3-11-32-20/h3-13H,1-2H3,(H,28,29)/b18-12-. The molecule has 0 atom stereocenters. The van der Waals surface area contributed by atoms with E-state index in [-0.39, 0.29) is 23.0 Å². The van der Waals surface area contributed by atoms with Gasteiger partial charge in [-0.2, -0.15) is 10.1 Å². The minimum Gasteiger partial charge on any atom is -0.493 e. The highest BCUT2D eigenvalue weighted by Gasteiger charge is 2.29. The van der Waals surface area contributed by atoms with Crippen molar-refractivity contribution in [3.63, 3.8) is 0 Å². The number of benzene rings is 2. The molecule has 0 radical (unpaired) electrons. The van der Waals surface area contributed by atoms with Crippen LogP contribution in [-0.2, 0) is 4.79 Å². The molecule has 1 aromatic heterocycles. The van der Waals surface area contributed by atoms with Gasteiger partial charge in [0, 0.05) is 0 Å². The lowest BCUT2D eigenvalue weighted by molar-refractivity contribution is -0.114. The van der Waals surface area contributed by atoms with E-state index in [1.165, 1.54) is 48.7 Å². The lowest BCUT2D eigenvalue weighted by atomic mass is 10.1. The van der Waals surface area contributed by atoms with Crippen LogP contribution in [0.15, 0.2) is 76.0 Å². The van der Waals surface area contributed by atoms with Crippen molar-refractivity contribution in [2.24, 2.45) is 5.10 Å². The van der Waals surface area contributed by atoms with E-state index in [9.17, 15) is 14.4 Å². The van der Waals surface area contributed by atoms with E-state index in [4.69, 9.17) is 19.0 Å². The minimum atomic E-state index is -1.05. The van der Waals surface area contributed by atoms with E-state index in [2.05, 4.69) is 5.10 Å². The van der Waals surface area contributed by atoms with Crippen LogP contribution in [0.25, 0.3) is 6.08 Å². The molecule has 2 aromatic carbocycles. The van der Waals surface area contributed by atoms with Gasteiger partial charge in [-0.15, -0.1) is 0 Å². The molecular formula is C24H18N2O7. The number of furan rings is 1. The number of carbonyl (C=O) groups is 3. The van der Waals surface area contributed by atoms with E-state index >= 15 is 0 Å². The van der Waals surface area contributed by atoms with Crippen molar-refractivity contribution in [1.82, 2.24) is 0 Å². The van der Waals surface area contributed by atoms with Crippen LogP contribution in [0.4, 0.5) is 5.69 Å². The van der Waals surface area contributed by atoms with E-state index in [0.29, 0.717) is 28.3 Å². The third-order valence-electron chi connectivity index (χ3n) is 4.85. The first-order valence-electron chi connectivity index (χ1n) is 9.76. The fourth-order valence-electron chi connectivity index (χ4n) is 3.17. The van der Waals surface area contributed by atoms with Crippen LogP contribution >= 0.6 is 0 Å². The second kappa shape index (κ2) is 8.83. The van der Waals surface area contributed by atoms with Crippen molar-refractivity contribution in [3.8, 4) is 11.5 Å². The maximum absolute atomic E-state index is 13.0. The van der Waals surface area contributed by atoms with Gasteiger partial charge in [-0.1, -0.05) is 6.07 Å². The van der Waals surface area contributed by atoms with Crippen LogP contribution in [0, 0.1) is 0 Å². The molecule has 166 valence electrons. The highest BCUT2D eigenvalue weighted by molar-refractivity contribution is 6.32. The van der Waals surface area contributed by atoms with Gasteiger partial charge in [0.2, 0.25) is 5.76 Å². The Balaban J connectivity index is 1.57. The Morgan fingerprint density at radius 1 is 1.09 bits per heavy atom. The highest BCUT2D eigenvalue weighted by atomic mass is 16.6. The molecule has 1 amide bonds. The first kappa shape index (κ1) is 21.6. The number of carbonyl (C=O) groups excluding carboxylic acids is 2. The molecule has 0 bridgehead atoms. The van der Waals surface area contributed by atoms with Crippen LogP contribution in [0.3, 0.4) is 0 Å². The normalized spacial score (nSPS) is 14.4. The predicted octanol–water partition coefficient (Wildman–Crippen LogP) is 4.01. The molecule has 4 rings (SSSR count). The van der Waals surface area contributed by atoms with Crippen molar-refractivity contribution < 1.29 is 33.4 Å². The lowest BCUT2D eigenvalue weighted by Gasteiger charge is -2.12. The number of methoxy groups -OCH3 is 1. The maximum Gasteiger partial charge on any atom is 0.379 e. The number of anilines is 1. The number of nitrogens with zero attached hydrogens (tertiary/aromatic N) is 2. The highest BCUT2D eigenvalue weighted by Crippen LogP contribution is 2.31. The van der Waals surface area contributed by atoms with Crippen LogP contribution in [-0.4, -0.2) is 35.8 Å². The quantitative estimate of drug-likeness (QED) is 0.345. The fourth-order valence-corrected chi connectivity index (χ4v) is 3.17. The number of hydrogen-bond donors (Lipinski definition) is 1. The van der Waals surface area contributed by atoms with E-state index in [1.807, 2.05) is 0 Å². The number of hydrazone groups is 1. The van der Waals surface area contributed by atoms with Gasteiger partial charge in [-0.25, -0.2) is 9.59 Å². The molecule has 3 aromatic rings. The number of aromatic carboxylic acids is 1. The number of amides is 1. The van der Waals surface area contributed by atoms with Gasteiger partial charge in [0.15, 0.2) is 11.5 Å². The Bertz CT molecular complexity index is 1290. The molecule has 0 saturated heterocycles. The average Bonchev–Trinajstić information content (AvgIpc) is 3.45. The summed E-state index contributed by atoms with van der Waals surface area (Å²) in [5, 5.41) is 14.5. The number of carboxylic acid groups (broad SMARTS) is 1. The van der Waals surface area contributed by atoms with Crippen molar-refractivity contribution in [2.75, 3.05) is 12.1 Å². The maximum atomic E-state index is 13.0. The van der Waals surface area contributed by atoms with Gasteiger partial charge < -0.3 is 19.0 Å². The SMILES string of the molecule is COc1cc(/C=C2\C(=O)N(c3ccc(C(=O)O)cc3)N=C2C)ccc1OC(=O)c1ccco1. The van der Waals surface area contributed by atoms with Crippen molar-refractivity contribution in [1.29, 1.82) is 0 Å². The third kappa shape index (κ3) is 4.38. The summed E-state index contributed by atoms with van der Waals surface area (Å²) in [6.45, 7) is 1.70. The van der Waals surface area contributed by atoms with Crippen LogP contribution in [0.1, 0.15) is 33.4 Å². The van der Waals surface area contributed by atoms with E-state index in [1.54, 1.807) is 37.3 Å². The molecule has 0 aliphatic carbocycles. The molecule has 0 spiro atoms. The van der Waals surface area contributed by atoms with Crippen LogP contribution in [0.2, 0.25) is 0 Å². The predicted molar refractivity (Wildman–Crippen MR) is 119 cm³/mol. The summed E-state index contributed by atoms with van der Waals surface area (Å²) in [6, 6.07) is 13.8. The van der Waals surface area contributed by atoms with E-state index in [0.717, 1.165) is 0 Å². The zero-order chi connectivity index (χ0) is 23.5. The number of carboxylic acids is 1. The summed E-state index contributed by atoms with van der Waals surface area (Å²) in [5.41, 5.74) is 2.05. The molecule has 0 saturated carbocycles. The summed E-state index contributed by atoms with van der Waals surface area (Å²) in [6.07, 6.45) is 3.02. The van der Waals surface area contributed by atoms with Gasteiger partial charge in [0.1, 0.15) is 0 Å². The Kier molecular flexibility index (Phi) is 5.77. The minimum absolute atomic E-state index is 0.0584. The smallest absolute Gasteiger partial charge is 0.379 e. The summed E-state index contributed by atoms with van der Waals surface area (Å²) in [7, 11) is 1.44. The largest absolute Gasteiger partial charge is 0.493 e. The Labute approximate surface area is 188 Å². The number of rotatable bonds is 6. The molecule has 1 aliphatic heterocycles. The fraction of sp³-hybridized carbons (Fsp3) is 0.0833. The summed E-state index contributed by atoms with van der Waals surface area (Å²) < 4.78 is 15.7. The zero-order valence-corrected chi connectivity index (χ0v) is 17.6. The van der Waals surface area contributed by atoms with Gasteiger partial charge in [0.05, 0.1) is 35.9 Å². The molecule has 0 fully saturated rings. The monoisotopic (exact) mass is 446 g/mol. The third-order valence-corrected chi connectivity index (χ3v) is 4.85. The molecule has 0 unspecified atom stereocenters. The molecule has 2 heterocycles. The summed E-state index contributed by atoms with van der Waals surface area (Å²) in [4.78, 5) is 36.1. The average molecular weight is 446 g/mol. The Hall–Kier alpha value is -4.66. The second-order valence-corrected chi connectivity index (χ2v) is 6.99. The first-order chi connectivity index (χ1) is 15.9. The summed E-state index contributed by atoms with van der Waals surface area (Å²) >= 11 is 0. The van der Waals surface area contributed by atoms with Crippen LogP contribution in [0.5, 0.6) is 11.5 Å². The zero-order valence-electron chi connectivity index (χ0n) is 17.6. The van der Waals surface area contributed by atoms with Crippen LogP contribution < -0.4 is 14.5 Å². The number of ether oxygens (including phenoxy) is 2. The van der Waals surface area contributed by atoms with Gasteiger partial charge in [-0.05, 0) is 67.1 Å². The molecule has 9 heteroatoms. The lowest BCUT2D eigenvalue weighted by Crippen LogP contribution is -2.21. The van der Waals surface area contributed by atoms with Gasteiger partial charge >= 0.3 is 11.9 Å². The Morgan fingerprint density at radius 2 is 1.85 bits per heavy atom. The molecule has 1 N–H and O–H groups in total. The number of esters is 1. The Morgan fingerprint density at radius 3 is 2.48 bits per heavy atom. The van der Waals surface area contributed by atoms with E-state index < -0.39 is 11.9 Å². The summed E-state index contributed by atoms with van der Waals surface area (Å²) in [5.74, 6) is -1.52. The van der Waals surface area contributed by atoms with Gasteiger partial charge in [0.25, 0.3) is 5.91 Å². The molecular weight excluding hydrogens is 428 g/mol.